The molecular formula is C47H56BrClN2O12. The lowest BCUT2D eigenvalue weighted by molar-refractivity contribution is -0.119. The van der Waals surface area contributed by atoms with E-state index in [1.165, 1.54) is 62.6 Å². The van der Waals surface area contributed by atoms with Crippen molar-refractivity contribution in [3.63, 3.8) is 0 Å². The Labute approximate surface area is 382 Å². The second-order valence-corrected chi connectivity index (χ2v) is 14.9. The molecule has 0 saturated carbocycles. The van der Waals surface area contributed by atoms with E-state index in [2.05, 4.69) is 36.0 Å². The number of β-lactam (4-membered cyclic amide) rings is 2. The summed E-state index contributed by atoms with van der Waals surface area (Å²) in [6.07, 6.45) is 3.31. The number of carbonyl (C=O) groups excluding carboxylic acids is 2. The third-order valence-corrected chi connectivity index (χ3v) is 10.9. The first kappa shape index (κ1) is 49.7. The van der Waals surface area contributed by atoms with Gasteiger partial charge in [0.1, 0.15) is 0 Å². The van der Waals surface area contributed by atoms with E-state index in [1.54, 1.807) is 59.4 Å². The van der Waals surface area contributed by atoms with Gasteiger partial charge < -0.3 is 47.7 Å². The third-order valence-electron chi connectivity index (χ3n) is 10.1. The fourth-order valence-electron chi connectivity index (χ4n) is 6.83. The predicted octanol–water partition coefficient (Wildman–Crippen LogP) is 9.62. The summed E-state index contributed by atoms with van der Waals surface area (Å²) in [5.41, 5.74) is 3.64. The summed E-state index contributed by atoms with van der Waals surface area (Å²) in [4.78, 5) is 28.5. The number of phenols is 1. The third kappa shape index (κ3) is 10.8. The van der Waals surface area contributed by atoms with E-state index in [4.69, 9.17) is 54.2 Å². The number of hydrogen-bond acceptors (Lipinski definition) is 12. The fraction of sp³-hybridized carbons (Fsp3) is 0.362. The molecule has 14 nitrogen and oxygen atoms in total. The Balaban J connectivity index is 0.000000252. The molecule has 0 aliphatic carbocycles. The quantitative estimate of drug-likeness (QED) is 0.0439. The van der Waals surface area contributed by atoms with Crippen molar-refractivity contribution >= 4 is 50.7 Å². The van der Waals surface area contributed by atoms with Gasteiger partial charge in [0.05, 0.1) is 86.9 Å². The molecule has 4 aromatic rings. The topological polar surface area (TPSA) is 144 Å². The Morgan fingerprint density at radius 1 is 0.587 bits per heavy atom. The van der Waals surface area contributed by atoms with Gasteiger partial charge in [-0.15, -0.1) is 11.6 Å². The molecule has 0 bridgehead atoms. The van der Waals surface area contributed by atoms with Crippen molar-refractivity contribution in [3.8, 4) is 57.5 Å². The number of amides is 2. The van der Waals surface area contributed by atoms with Crippen molar-refractivity contribution in [2.45, 2.75) is 38.3 Å². The maximum absolute atomic E-state index is 12.8. The van der Waals surface area contributed by atoms with E-state index in [1.807, 2.05) is 18.2 Å². The molecule has 2 aliphatic rings. The van der Waals surface area contributed by atoms with E-state index in [0.29, 0.717) is 98.7 Å². The number of benzene rings is 4. The fourth-order valence-corrected chi connectivity index (χ4v) is 7.50. The van der Waals surface area contributed by atoms with Crippen molar-refractivity contribution in [2.75, 3.05) is 84.5 Å². The van der Waals surface area contributed by atoms with E-state index < -0.39 is 6.04 Å². The average molecular weight is 956 g/mol. The molecule has 0 aromatic heterocycles. The van der Waals surface area contributed by atoms with Gasteiger partial charge in [-0.2, -0.15) is 0 Å². The Kier molecular flexibility index (Phi) is 18.5. The number of phenolic OH excluding ortho intramolecular Hbond substituents is 1. The van der Waals surface area contributed by atoms with Gasteiger partial charge in [-0.05, 0) is 48.2 Å². The summed E-state index contributed by atoms with van der Waals surface area (Å²) < 4.78 is 48.6. The molecule has 0 radical (unpaired) electrons. The lowest BCUT2D eigenvalue weighted by Gasteiger charge is -2.42. The first-order valence-corrected chi connectivity index (χ1v) is 21.5. The summed E-state index contributed by atoms with van der Waals surface area (Å²) >= 11 is 9.06. The highest BCUT2D eigenvalue weighted by molar-refractivity contribution is 9.09. The number of alkyl halides is 2. The van der Waals surface area contributed by atoms with Gasteiger partial charge in [-0.25, -0.2) is 0 Å². The molecule has 2 amide bonds. The lowest BCUT2D eigenvalue weighted by Crippen LogP contribution is -2.48. The zero-order valence-corrected chi connectivity index (χ0v) is 39.5. The van der Waals surface area contributed by atoms with Crippen LogP contribution >= 0.6 is 27.5 Å². The predicted molar refractivity (Wildman–Crippen MR) is 248 cm³/mol. The van der Waals surface area contributed by atoms with Gasteiger partial charge >= 0.3 is 0 Å². The van der Waals surface area contributed by atoms with Crippen LogP contribution in [0.15, 0.2) is 85.0 Å². The highest BCUT2D eigenvalue weighted by atomic mass is 79.9. The maximum atomic E-state index is 12.8. The number of ether oxygens (including phenoxy) is 9. The number of anilines is 2. The Morgan fingerprint density at radius 3 is 1.33 bits per heavy atom. The normalized spacial score (nSPS) is 15.1. The highest BCUT2D eigenvalue weighted by Crippen LogP contribution is 2.50. The number of hydrogen-bond donors (Lipinski definition) is 1. The lowest BCUT2D eigenvalue weighted by atomic mass is 9.88. The molecule has 2 atom stereocenters. The van der Waals surface area contributed by atoms with E-state index in [9.17, 15) is 14.7 Å². The number of rotatable bonds is 18. The van der Waals surface area contributed by atoms with E-state index >= 15 is 0 Å². The Bertz CT molecular complexity index is 2200. The largest absolute Gasteiger partial charge is 0.504 e. The molecule has 4 aromatic carbocycles. The van der Waals surface area contributed by atoms with Crippen LogP contribution in [0.5, 0.6) is 57.5 Å². The average Bonchev–Trinajstić information content (AvgIpc) is 3.31. The van der Waals surface area contributed by atoms with Crippen LogP contribution in [-0.4, -0.2) is 91.6 Å². The Hall–Kier alpha value is -5.93. The number of nitrogens with zero attached hydrogens (tertiary/aromatic N) is 2. The number of unbranched alkanes of at least 4 members (excludes halogenated alkanes) is 1. The molecule has 340 valence electrons. The van der Waals surface area contributed by atoms with E-state index in [0.717, 1.165) is 10.9 Å². The molecular weight excluding hydrogens is 900 g/mol. The molecule has 6 rings (SSSR count). The second kappa shape index (κ2) is 23.5. The first-order chi connectivity index (χ1) is 30.4. The summed E-state index contributed by atoms with van der Waals surface area (Å²) in [5, 5.41) is 11.2. The van der Waals surface area contributed by atoms with Gasteiger partial charge in [0, 0.05) is 46.6 Å². The van der Waals surface area contributed by atoms with Gasteiger partial charge in [-0.3, -0.25) is 19.4 Å². The zero-order valence-electron chi connectivity index (χ0n) is 37.2. The van der Waals surface area contributed by atoms with E-state index in [-0.39, 0.29) is 23.6 Å². The molecule has 2 aliphatic heterocycles. The second-order valence-electron chi connectivity index (χ2n) is 13.7. The monoisotopic (exact) mass is 954 g/mol. The van der Waals surface area contributed by atoms with Crippen molar-refractivity contribution in [3.05, 3.63) is 96.1 Å². The standard InChI is InChI=1S/C23H26ClNO6.C20H21NO6.C4H9Br/c1-14-21(15-7-8-17(27-2)18(11-15)31-10-6-9-24)25(23(14)26)16-12-19(28-3)22(30-5)20(13-16)29-4;1-11-18(12-6-7-15(24-2)14(22)8-12)21(20(11)23)13-9-16(25-3)19(27-5)17(10-13)26-4;1-2-3-4-5/h7-8,11-13,21H,1,6,9-10H2,2-5H3;6-10,18,22H,1H2,2-5H3;2-4H2,1H3/t21-;18-;/m11./s1. The minimum absolute atomic E-state index is 0.00742. The summed E-state index contributed by atoms with van der Waals surface area (Å²) in [6, 6.07) is 16.6. The minimum atomic E-state index is -0.419. The highest BCUT2D eigenvalue weighted by Gasteiger charge is 2.45. The summed E-state index contributed by atoms with van der Waals surface area (Å²) in [6.45, 7) is 10.5. The molecule has 2 saturated heterocycles. The number of halogens is 2. The van der Waals surface area contributed by atoms with Crippen LogP contribution in [0.25, 0.3) is 0 Å². The van der Waals surface area contributed by atoms with Gasteiger partial charge in [0.25, 0.3) is 11.8 Å². The minimum Gasteiger partial charge on any atom is -0.504 e. The molecule has 63 heavy (non-hydrogen) atoms. The summed E-state index contributed by atoms with van der Waals surface area (Å²) in [7, 11) is 12.2. The van der Waals surface area contributed by atoms with Crippen LogP contribution < -0.4 is 52.4 Å². The molecule has 0 spiro atoms. The van der Waals surface area contributed by atoms with Gasteiger partial charge in [0.2, 0.25) is 11.5 Å². The number of methoxy groups -OCH3 is 8. The van der Waals surface area contributed by atoms with Crippen LogP contribution in [-0.2, 0) is 9.59 Å². The summed E-state index contributed by atoms with van der Waals surface area (Å²) in [5.74, 6) is 4.33. The van der Waals surface area contributed by atoms with Crippen molar-refractivity contribution in [2.24, 2.45) is 0 Å². The van der Waals surface area contributed by atoms with Crippen molar-refractivity contribution < 1.29 is 57.3 Å². The van der Waals surface area contributed by atoms with Crippen molar-refractivity contribution in [1.82, 2.24) is 0 Å². The number of carbonyl (C=O) groups is 2. The maximum Gasteiger partial charge on any atom is 0.256 e. The van der Waals surface area contributed by atoms with Crippen LogP contribution in [0.3, 0.4) is 0 Å². The molecule has 2 fully saturated rings. The first-order valence-electron chi connectivity index (χ1n) is 19.8. The molecule has 1 N–H and O–H groups in total. The van der Waals surface area contributed by atoms with Gasteiger partial charge in [0.15, 0.2) is 46.0 Å². The zero-order chi connectivity index (χ0) is 46.4. The van der Waals surface area contributed by atoms with Crippen LogP contribution in [0, 0.1) is 0 Å². The Morgan fingerprint density at radius 2 is 1.00 bits per heavy atom. The van der Waals surface area contributed by atoms with Crippen LogP contribution in [0.2, 0.25) is 0 Å². The van der Waals surface area contributed by atoms with Gasteiger partial charge in [-0.1, -0.05) is 54.6 Å². The number of aromatic hydroxyl groups is 1. The van der Waals surface area contributed by atoms with Crippen LogP contribution in [0.4, 0.5) is 11.4 Å². The molecule has 16 heteroatoms. The molecule has 2 heterocycles. The van der Waals surface area contributed by atoms with Crippen LogP contribution in [0.1, 0.15) is 49.4 Å². The molecule has 0 unspecified atom stereocenters. The smallest absolute Gasteiger partial charge is 0.256 e. The SMILES string of the molecule is C=C1C(=O)N(c2cc(OC)c(OC)c(OC)c2)[C@H]1c1ccc(OC)c(O)c1.C=C1C(=O)N(c2cc(OC)c(OC)c(OC)c2)[C@H]1c1ccc(OC)c(OCCCCl)c1.CCCCBr. The van der Waals surface area contributed by atoms with Crippen molar-refractivity contribution in [1.29, 1.82) is 0 Å².